The first-order valence-corrected chi connectivity index (χ1v) is 3.01. The van der Waals surface area contributed by atoms with E-state index in [1.807, 2.05) is 0 Å². The first-order valence-electron chi connectivity index (χ1n) is 2.43. The standard InChI is InChI=1S/C4H10N3S/c5-4(6)7-2-1-3-8/h1-3H2,(H4,5,6,7). The molecular weight excluding hydrogens is 122 g/mol. The van der Waals surface area contributed by atoms with E-state index in [0.29, 0.717) is 0 Å². The summed E-state index contributed by atoms with van der Waals surface area (Å²) in [5.74, 6) is 0.744. The minimum absolute atomic E-state index is 0.0217. The largest absolute Gasteiger partial charge is 0.370 e. The van der Waals surface area contributed by atoms with Crippen LogP contribution in [-0.4, -0.2) is 18.3 Å². The Morgan fingerprint density at radius 2 is 2.38 bits per heavy atom. The van der Waals surface area contributed by atoms with Crippen LogP contribution in [0, 0.1) is 5.41 Å². The molecule has 0 atom stereocenters. The van der Waals surface area contributed by atoms with Crippen molar-refractivity contribution in [2.24, 2.45) is 5.73 Å². The van der Waals surface area contributed by atoms with Crippen LogP contribution in [0.4, 0.5) is 0 Å². The first kappa shape index (κ1) is 7.62. The van der Waals surface area contributed by atoms with Gasteiger partial charge in [-0.25, -0.2) is 0 Å². The lowest BCUT2D eigenvalue weighted by atomic mass is 10.5. The smallest absolute Gasteiger partial charge is 0.185 e. The van der Waals surface area contributed by atoms with E-state index in [9.17, 15) is 0 Å². The SMILES string of the molecule is N=C(N)NCCC[S]. The second-order valence-corrected chi connectivity index (χ2v) is 1.81. The summed E-state index contributed by atoms with van der Waals surface area (Å²) in [5.41, 5.74) is 4.97. The zero-order valence-electron chi connectivity index (χ0n) is 4.61. The van der Waals surface area contributed by atoms with Crippen molar-refractivity contribution < 1.29 is 0 Å². The Bertz CT molecular complexity index is 73.7. The highest BCUT2D eigenvalue weighted by Gasteiger charge is 1.83. The van der Waals surface area contributed by atoms with E-state index < -0.39 is 0 Å². The molecule has 3 nitrogen and oxygen atoms in total. The van der Waals surface area contributed by atoms with Crippen molar-refractivity contribution in [1.29, 1.82) is 5.41 Å². The van der Waals surface area contributed by atoms with Crippen molar-refractivity contribution in [3.63, 3.8) is 0 Å². The summed E-state index contributed by atoms with van der Waals surface area (Å²) < 4.78 is 0. The second kappa shape index (κ2) is 4.77. The van der Waals surface area contributed by atoms with Crippen LogP contribution < -0.4 is 11.1 Å². The average Bonchev–Trinajstić information content (AvgIpc) is 1.66. The fourth-order valence-electron chi connectivity index (χ4n) is 0.295. The quantitative estimate of drug-likeness (QED) is 0.289. The van der Waals surface area contributed by atoms with Crippen molar-refractivity contribution in [1.82, 2.24) is 5.32 Å². The molecule has 0 saturated carbocycles. The maximum atomic E-state index is 6.71. The molecule has 0 aromatic rings. The third-order valence-electron chi connectivity index (χ3n) is 0.637. The molecule has 0 bridgehead atoms. The van der Waals surface area contributed by atoms with Gasteiger partial charge in [-0.2, -0.15) is 0 Å². The van der Waals surface area contributed by atoms with Crippen molar-refractivity contribution >= 4 is 18.6 Å². The molecule has 4 N–H and O–H groups in total. The summed E-state index contributed by atoms with van der Waals surface area (Å²) in [6, 6.07) is 0. The normalized spacial score (nSPS) is 8.62. The van der Waals surface area contributed by atoms with Gasteiger partial charge in [0.2, 0.25) is 0 Å². The molecule has 0 aromatic carbocycles. The van der Waals surface area contributed by atoms with Crippen LogP contribution in [-0.2, 0) is 0 Å². The Labute approximate surface area is 54.6 Å². The van der Waals surface area contributed by atoms with Gasteiger partial charge in [0.05, 0.1) is 0 Å². The lowest BCUT2D eigenvalue weighted by Gasteiger charge is -1.98. The lowest BCUT2D eigenvalue weighted by Crippen LogP contribution is -2.31. The zero-order valence-corrected chi connectivity index (χ0v) is 5.42. The van der Waals surface area contributed by atoms with E-state index in [4.69, 9.17) is 11.1 Å². The van der Waals surface area contributed by atoms with Crippen LogP contribution in [0.5, 0.6) is 0 Å². The van der Waals surface area contributed by atoms with E-state index in [0.717, 1.165) is 18.7 Å². The predicted octanol–water partition coefficient (Wildman–Crippen LogP) is 0.0571. The van der Waals surface area contributed by atoms with Crippen molar-refractivity contribution in [2.45, 2.75) is 6.42 Å². The Kier molecular flexibility index (Phi) is 4.54. The molecule has 0 aliphatic heterocycles. The minimum atomic E-state index is 0.0217. The highest BCUT2D eigenvalue weighted by Crippen LogP contribution is 1.78. The van der Waals surface area contributed by atoms with Crippen LogP contribution >= 0.6 is 12.6 Å². The molecule has 4 heteroatoms. The molecule has 0 fully saturated rings. The molecule has 8 heavy (non-hydrogen) atoms. The molecule has 0 amide bonds. The van der Waals surface area contributed by atoms with Gasteiger partial charge in [-0.05, 0) is 6.42 Å². The number of rotatable bonds is 3. The highest BCUT2D eigenvalue weighted by atomic mass is 32.1. The number of guanidine groups is 1. The highest BCUT2D eigenvalue weighted by molar-refractivity contribution is 7.80. The average molecular weight is 132 g/mol. The number of nitrogens with one attached hydrogen (secondary N) is 2. The fourth-order valence-corrected chi connectivity index (χ4v) is 0.440. The Balaban J connectivity index is 2.82. The summed E-state index contributed by atoms with van der Waals surface area (Å²) in [7, 11) is 0. The Morgan fingerprint density at radius 1 is 1.75 bits per heavy atom. The van der Waals surface area contributed by atoms with Gasteiger partial charge in [-0.3, -0.25) is 5.41 Å². The summed E-state index contributed by atoms with van der Waals surface area (Å²) in [6.45, 7) is 0.721. The fraction of sp³-hybridized carbons (Fsp3) is 0.750. The van der Waals surface area contributed by atoms with Gasteiger partial charge in [0.1, 0.15) is 0 Å². The summed E-state index contributed by atoms with van der Waals surface area (Å²) in [4.78, 5) is 0. The zero-order chi connectivity index (χ0) is 6.41. The minimum Gasteiger partial charge on any atom is -0.370 e. The van der Waals surface area contributed by atoms with Crippen LogP contribution in [0.1, 0.15) is 6.42 Å². The van der Waals surface area contributed by atoms with E-state index in [2.05, 4.69) is 17.9 Å². The van der Waals surface area contributed by atoms with E-state index in [-0.39, 0.29) is 5.96 Å². The summed E-state index contributed by atoms with van der Waals surface area (Å²) >= 11 is 4.65. The molecule has 0 saturated heterocycles. The van der Waals surface area contributed by atoms with Crippen molar-refractivity contribution in [2.75, 3.05) is 12.3 Å². The van der Waals surface area contributed by atoms with Crippen LogP contribution in [0.25, 0.3) is 0 Å². The molecule has 47 valence electrons. The van der Waals surface area contributed by atoms with Gasteiger partial charge in [0.15, 0.2) is 5.96 Å². The molecular formula is C4H10N3S. The maximum absolute atomic E-state index is 6.71. The predicted molar refractivity (Wildman–Crippen MR) is 37.0 cm³/mol. The summed E-state index contributed by atoms with van der Waals surface area (Å²) in [6.07, 6.45) is 0.898. The lowest BCUT2D eigenvalue weighted by molar-refractivity contribution is 0.838. The van der Waals surface area contributed by atoms with Gasteiger partial charge < -0.3 is 11.1 Å². The maximum Gasteiger partial charge on any atom is 0.185 e. The van der Waals surface area contributed by atoms with Gasteiger partial charge in [0, 0.05) is 12.3 Å². The summed E-state index contributed by atoms with van der Waals surface area (Å²) in [5, 5.41) is 9.35. The Hall–Kier alpha value is -0.380. The van der Waals surface area contributed by atoms with Gasteiger partial charge in [0.25, 0.3) is 0 Å². The molecule has 1 radical (unpaired) electrons. The monoisotopic (exact) mass is 132 g/mol. The topological polar surface area (TPSA) is 61.9 Å². The van der Waals surface area contributed by atoms with Gasteiger partial charge in [-0.15, -0.1) is 0 Å². The van der Waals surface area contributed by atoms with E-state index >= 15 is 0 Å². The molecule has 0 rings (SSSR count). The van der Waals surface area contributed by atoms with Crippen LogP contribution in [0.2, 0.25) is 0 Å². The van der Waals surface area contributed by atoms with Gasteiger partial charge >= 0.3 is 0 Å². The number of hydrogen-bond donors (Lipinski definition) is 3. The van der Waals surface area contributed by atoms with Crippen LogP contribution in [0.15, 0.2) is 0 Å². The number of nitrogens with two attached hydrogens (primary N) is 1. The molecule has 0 aliphatic rings. The van der Waals surface area contributed by atoms with Crippen LogP contribution in [0.3, 0.4) is 0 Å². The third-order valence-corrected chi connectivity index (χ3v) is 0.925. The van der Waals surface area contributed by atoms with E-state index in [1.165, 1.54) is 0 Å². The molecule has 0 aromatic heterocycles. The molecule has 0 heterocycles. The molecule has 0 aliphatic carbocycles. The molecule has 0 spiro atoms. The van der Waals surface area contributed by atoms with E-state index in [1.54, 1.807) is 0 Å². The van der Waals surface area contributed by atoms with Crippen molar-refractivity contribution in [3.8, 4) is 0 Å². The molecule has 0 unspecified atom stereocenters. The second-order valence-electron chi connectivity index (χ2n) is 1.40. The number of hydrogen-bond acceptors (Lipinski definition) is 1. The van der Waals surface area contributed by atoms with Crippen molar-refractivity contribution in [3.05, 3.63) is 0 Å². The van der Waals surface area contributed by atoms with Gasteiger partial charge in [-0.1, -0.05) is 12.6 Å². The first-order chi connectivity index (χ1) is 3.77. The third kappa shape index (κ3) is 5.62. The Morgan fingerprint density at radius 3 is 2.75 bits per heavy atom.